The van der Waals surface area contributed by atoms with Gasteiger partial charge in [0.15, 0.2) is 0 Å². The van der Waals surface area contributed by atoms with Crippen molar-refractivity contribution >= 4 is 17.9 Å². The van der Waals surface area contributed by atoms with Crippen LogP contribution in [0.3, 0.4) is 0 Å². The summed E-state index contributed by atoms with van der Waals surface area (Å²) in [6.07, 6.45) is 10.7. The predicted molar refractivity (Wildman–Crippen MR) is 97.2 cm³/mol. The molecule has 1 rings (SSSR count). The molecular weight excluding hydrogens is 320 g/mol. The molecule has 144 valence electrons. The first kappa shape index (κ1) is 21.5. The number of carbonyl (C=O) groups is 3. The van der Waals surface area contributed by atoms with Crippen LogP contribution in [0.25, 0.3) is 0 Å². The molecular formula is C19H34N2O4. The fraction of sp³-hybridized carbons (Fsp3) is 0.842. The number of amides is 3. The normalized spacial score (nSPS) is 19.4. The molecule has 3 N–H and O–H groups in total. The van der Waals surface area contributed by atoms with E-state index in [0.29, 0.717) is 18.3 Å². The quantitative estimate of drug-likeness (QED) is 0.326. The summed E-state index contributed by atoms with van der Waals surface area (Å²) < 4.78 is 0. The van der Waals surface area contributed by atoms with Crippen molar-refractivity contribution < 1.29 is 19.5 Å². The van der Waals surface area contributed by atoms with E-state index in [9.17, 15) is 14.4 Å². The Morgan fingerprint density at radius 3 is 2.44 bits per heavy atom. The van der Waals surface area contributed by atoms with Crippen molar-refractivity contribution in [1.82, 2.24) is 10.6 Å². The van der Waals surface area contributed by atoms with Gasteiger partial charge in [-0.05, 0) is 37.5 Å². The van der Waals surface area contributed by atoms with Gasteiger partial charge in [-0.25, -0.2) is 4.79 Å². The highest BCUT2D eigenvalue weighted by Crippen LogP contribution is 2.26. The van der Waals surface area contributed by atoms with Crippen molar-refractivity contribution in [1.29, 1.82) is 0 Å². The number of aliphatic carboxylic acids is 1. The van der Waals surface area contributed by atoms with Crippen LogP contribution < -0.4 is 10.6 Å². The van der Waals surface area contributed by atoms with E-state index in [4.69, 9.17) is 5.11 Å². The lowest BCUT2D eigenvalue weighted by Gasteiger charge is -2.21. The zero-order chi connectivity index (χ0) is 18.7. The Labute approximate surface area is 151 Å². The van der Waals surface area contributed by atoms with Crippen LogP contribution in [0.4, 0.5) is 4.79 Å². The number of hydrogen-bond acceptors (Lipinski definition) is 3. The van der Waals surface area contributed by atoms with Crippen LogP contribution in [0.5, 0.6) is 0 Å². The summed E-state index contributed by atoms with van der Waals surface area (Å²) in [5, 5.41) is 13.6. The maximum Gasteiger partial charge on any atom is 0.322 e. The smallest absolute Gasteiger partial charge is 0.322 e. The second kappa shape index (κ2) is 11.9. The van der Waals surface area contributed by atoms with Crippen molar-refractivity contribution in [2.75, 3.05) is 0 Å². The van der Waals surface area contributed by atoms with E-state index >= 15 is 0 Å². The fourth-order valence-electron chi connectivity index (χ4n) is 3.65. The van der Waals surface area contributed by atoms with Crippen molar-refractivity contribution in [3.8, 4) is 0 Å². The van der Waals surface area contributed by atoms with Gasteiger partial charge in [0.05, 0.1) is 0 Å². The van der Waals surface area contributed by atoms with Crippen molar-refractivity contribution in [2.45, 2.75) is 90.5 Å². The van der Waals surface area contributed by atoms with E-state index in [1.165, 1.54) is 19.3 Å². The summed E-state index contributed by atoms with van der Waals surface area (Å²) in [6.45, 7) is 4.44. The lowest BCUT2D eigenvalue weighted by atomic mass is 9.85. The molecule has 0 spiro atoms. The zero-order valence-electron chi connectivity index (χ0n) is 15.7. The molecule has 1 heterocycles. The van der Waals surface area contributed by atoms with Crippen LogP contribution >= 0.6 is 0 Å². The van der Waals surface area contributed by atoms with Crippen LogP contribution in [0.1, 0.15) is 84.5 Å². The van der Waals surface area contributed by atoms with E-state index < -0.39 is 5.97 Å². The molecule has 0 aliphatic carbocycles. The molecule has 1 saturated heterocycles. The minimum atomic E-state index is -0.704. The molecule has 0 saturated carbocycles. The van der Waals surface area contributed by atoms with E-state index in [2.05, 4.69) is 24.5 Å². The Bertz CT molecular complexity index is 439. The molecule has 6 heteroatoms. The maximum atomic E-state index is 11.6. The molecule has 3 amide bonds. The molecule has 0 bridgehead atoms. The monoisotopic (exact) mass is 354 g/mol. The number of nitrogens with one attached hydrogen (secondary N) is 2. The first-order chi connectivity index (χ1) is 11.9. The average Bonchev–Trinajstić information content (AvgIpc) is 2.86. The third kappa shape index (κ3) is 9.46. The van der Waals surface area contributed by atoms with Gasteiger partial charge in [0.2, 0.25) is 0 Å². The Morgan fingerprint density at radius 1 is 1.12 bits per heavy atom. The summed E-state index contributed by atoms with van der Waals surface area (Å²) in [5.74, 6) is 0.328. The highest BCUT2D eigenvalue weighted by atomic mass is 16.4. The lowest BCUT2D eigenvalue weighted by molar-refractivity contribution is -0.137. The summed E-state index contributed by atoms with van der Waals surface area (Å²) in [5.41, 5.74) is 0. The zero-order valence-corrected chi connectivity index (χ0v) is 15.7. The Hall–Kier alpha value is -1.59. The molecule has 3 unspecified atom stereocenters. The Morgan fingerprint density at radius 2 is 1.84 bits per heavy atom. The maximum absolute atomic E-state index is 11.6. The molecule has 0 aromatic heterocycles. The van der Waals surface area contributed by atoms with Gasteiger partial charge in [0.25, 0.3) is 5.91 Å². The number of carboxylic acids is 1. The van der Waals surface area contributed by atoms with Gasteiger partial charge in [-0.1, -0.05) is 52.4 Å². The first-order valence-electron chi connectivity index (χ1n) is 9.75. The van der Waals surface area contributed by atoms with E-state index in [1.54, 1.807) is 0 Å². The molecule has 1 fully saturated rings. The van der Waals surface area contributed by atoms with Crippen LogP contribution in [-0.4, -0.2) is 29.1 Å². The van der Waals surface area contributed by atoms with Gasteiger partial charge in [-0.2, -0.15) is 0 Å². The first-order valence-corrected chi connectivity index (χ1v) is 9.75. The molecule has 1 aliphatic heterocycles. The van der Waals surface area contributed by atoms with Gasteiger partial charge >= 0.3 is 12.0 Å². The average molecular weight is 354 g/mol. The van der Waals surface area contributed by atoms with Gasteiger partial charge < -0.3 is 10.4 Å². The fourth-order valence-corrected chi connectivity index (χ4v) is 3.65. The van der Waals surface area contributed by atoms with Gasteiger partial charge in [0.1, 0.15) is 6.04 Å². The van der Waals surface area contributed by atoms with E-state index in [1.807, 2.05) is 0 Å². The molecule has 3 atom stereocenters. The van der Waals surface area contributed by atoms with E-state index in [0.717, 1.165) is 38.5 Å². The second-order valence-corrected chi connectivity index (χ2v) is 7.43. The number of carboxylic acid groups (broad SMARTS) is 1. The molecule has 25 heavy (non-hydrogen) atoms. The standard InChI is InChI=1S/C19H34N2O4/c1-3-8-15(9-6-4-5-7-10-17(22)23)13-14(2)11-12-16-18(24)21-19(25)20-16/h14-16H,3-13H2,1-2H3,(H,22,23)(H2,20,21,24,25). The van der Waals surface area contributed by atoms with Crippen LogP contribution in [-0.2, 0) is 9.59 Å². The largest absolute Gasteiger partial charge is 0.481 e. The summed E-state index contributed by atoms with van der Waals surface area (Å²) in [7, 11) is 0. The predicted octanol–water partition coefficient (Wildman–Crippen LogP) is 3.84. The molecule has 0 aromatic rings. The van der Waals surface area contributed by atoms with Crippen LogP contribution in [0.15, 0.2) is 0 Å². The highest BCUT2D eigenvalue weighted by Gasteiger charge is 2.29. The summed E-state index contributed by atoms with van der Waals surface area (Å²) in [4.78, 5) is 33.2. The number of imide groups is 1. The van der Waals surface area contributed by atoms with Crippen molar-refractivity contribution in [3.63, 3.8) is 0 Å². The third-order valence-electron chi connectivity index (χ3n) is 4.99. The summed E-state index contributed by atoms with van der Waals surface area (Å²) in [6, 6.07) is -0.747. The topological polar surface area (TPSA) is 95.5 Å². The van der Waals surface area contributed by atoms with Gasteiger partial charge in [0, 0.05) is 6.42 Å². The lowest BCUT2D eigenvalue weighted by Crippen LogP contribution is -2.29. The SMILES string of the molecule is CCCC(CCCCCCC(=O)O)CC(C)CCC1NC(=O)NC1=O. The molecule has 0 aromatic carbocycles. The number of hydrogen-bond donors (Lipinski definition) is 3. The molecule has 1 aliphatic rings. The second-order valence-electron chi connectivity index (χ2n) is 7.43. The Balaban J connectivity index is 2.20. The third-order valence-corrected chi connectivity index (χ3v) is 4.99. The molecule has 0 radical (unpaired) electrons. The number of rotatable bonds is 14. The van der Waals surface area contributed by atoms with Crippen LogP contribution in [0, 0.1) is 11.8 Å². The number of unbranched alkanes of at least 4 members (excludes halogenated alkanes) is 3. The minimum Gasteiger partial charge on any atom is -0.481 e. The van der Waals surface area contributed by atoms with Crippen molar-refractivity contribution in [3.05, 3.63) is 0 Å². The van der Waals surface area contributed by atoms with Crippen molar-refractivity contribution in [2.24, 2.45) is 11.8 Å². The van der Waals surface area contributed by atoms with E-state index in [-0.39, 0.29) is 24.4 Å². The van der Waals surface area contributed by atoms with Gasteiger partial charge in [-0.15, -0.1) is 0 Å². The highest BCUT2D eigenvalue weighted by molar-refractivity contribution is 6.04. The summed E-state index contributed by atoms with van der Waals surface area (Å²) >= 11 is 0. The van der Waals surface area contributed by atoms with Gasteiger partial charge in [-0.3, -0.25) is 14.9 Å². The minimum absolute atomic E-state index is 0.205. The number of urea groups is 1. The molecule has 6 nitrogen and oxygen atoms in total. The number of carbonyl (C=O) groups excluding carboxylic acids is 2. The Kier molecular flexibility index (Phi) is 10.2. The van der Waals surface area contributed by atoms with Crippen LogP contribution in [0.2, 0.25) is 0 Å².